The standard InChI is InChI=1S/C22H18Cl2N4O3/c1-29-20-6-12(5-13(8-25)22(20)30-2)21(27)15-7-14(3-4-19(15)26)31-11-16-17(23)9-28-10-18(16)24/h3-7,9-10,27H,11,26H2,1-2H3. The maximum absolute atomic E-state index is 9.44. The van der Waals surface area contributed by atoms with Crippen molar-refractivity contribution >= 4 is 34.6 Å². The molecule has 0 spiro atoms. The van der Waals surface area contributed by atoms with Crippen LogP contribution in [0.4, 0.5) is 5.69 Å². The first-order valence-corrected chi connectivity index (χ1v) is 9.70. The molecule has 3 N–H and O–H groups in total. The van der Waals surface area contributed by atoms with Gasteiger partial charge in [-0.2, -0.15) is 5.26 Å². The van der Waals surface area contributed by atoms with Crippen molar-refractivity contribution in [3.63, 3.8) is 0 Å². The van der Waals surface area contributed by atoms with E-state index >= 15 is 0 Å². The van der Waals surface area contributed by atoms with Crippen LogP contribution in [0.15, 0.2) is 42.7 Å². The molecular formula is C22H18Cl2N4O3. The molecule has 9 heteroatoms. The fraction of sp³-hybridized carbons (Fsp3) is 0.136. The SMILES string of the molecule is COc1cc(C(=N)c2cc(OCc3c(Cl)cncc3Cl)ccc2N)cc(C#N)c1OC. The van der Waals surface area contributed by atoms with Gasteiger partial charge in [-0.05, 0) is 30.3 Å². The second kappa shape index (κ2) is 9.56. The molecule has 0 radical (unpaired) electrons. The van der Waals surface area contributed by atoms with Crippen LogP contribution in [0.1, 0.15) is 22.3 Å². The van der Waals surface area contributed by atoms with Crippen molar-refractivity contribution in [1.82, 2.24) is 4.98 Å². The Kier molecular flexibility index (Phi) is 6.85. The van der Waals surface area contributed by atoms with Crippen LogP contribution >= 0.6 is 23.2 Å². The molecule has 0 aliphatic heterocycles. The van der Waals surface area contributed by atoms with E-state index in [2.05, 4.69) is 11.1 Å². The summed E-state index contributed by atoms with van der Waals surface area (Å²) in [7, 11) is 2.91. The van der Waals surface area contributed by atoms with Gasteiger partial charge in [-0.25, -0.2) is 0 Å². The second-order valence-electron chi connectivity index (χ2n) is 6.37. The zero-order chi connectivity index (χ0) is 22.5. The summed E-state index contributed by atoms with van der Waals surface area (Å²) < 4.78 is 16.4. The number of hydrogen-bond acceptors (Lipinski definition) is 7. The molecule has 1 heterocycles. The van der Waals surface area contributed by atoms with E-state index in [1.54, 1.807) is 30.3 Å². The van der Waals surface area contributed by atoms with E-state index in [-0.39, 0.29) is 17.9 Å². The summed E-state index contributed by atoms with van der Waals surface area (Å²) in [6, 6.07) is 10.2. The van der Waals surface area contributed by atoms with Crippen LogP contribution in [-0.4, -0.2) is 24.9 Å². The third-order valence-corrected chi connectivity index (χ3v) is 5.17. The highest BCUT2D eigenvalue weighted by atomic mass is 35.5. The Labute approximate surface area is 189 Å². The molecule has 0 saturated carbocycles. The lowest BCUT2D eigenvalue weighted by Crippen LogP contribution is -2.08. The van der Waals surface area contributed by atoms with Gasteiger partial charge in [0.05, 0.1) is 35.5 Å². The summed E-state index contributed by atoms with van der Waals surface area (Å²) >= 11 is 12.3. The summed E-state index contributed by atoms with van der Waals surface area (Å²) in [5, 5.41) is 18.9. The van der Waals surface area contributed by atoms with Gasteiger partial charge in [0.15, 0.2) is 11.5 Å². The van der Waals surface area contributed by atoms with E-state index in [1.165, 1.54) is 26.6 Å². The fourth-order valence-corrected chi connectivity index (χ4v) is 3.39. The number of nitrogens with one attached hydrogen (secondary N) is 1. The lowest BCUT2D eigenvalue weighted by Gasteiger charge is -2.15. The lowest BCUT2D eigenvalue weighted by atomic mass is 9.98. The van der Waals surface area contributed by atoms with Crippen molar-refractivity contribution in [3.8, 4) is 23.3 Å². The van der Waals surface area contributed by atoms with Gasteiger partial charge in [-0.1, -0.05) is 23.2 Å². The molecule has 7 nitrogen and oxygen atoms in total. The quantitative estimate of drug-likeness (QED) is 0.387. The molecule has 0 amide bonds. The molecule has 2 aromatic carbocycles. The smallest absolute Gasteiger partial charge is 0.178 e. The van der Waals surface area contributed by atoms with Gasteiger partial charge in [-0.15, -0.1) is 0 Å². The van der Waals surface area contributed by atoms with Gasteiger partial charge in [0.2, 0.25) is 0 Å². The molecule has 0 unspecified atom stereocenters. The minimum absolute atomic E-state index is 0.0976. The molecule has 0 bridgehead atoms. The van der Waals surface area contributed by atoms with Gasteiger partial charge in [-0.3, -0.25) is 10.4 Å². The number of aromatic nitrogens is 1. The average molecular weight is 457 g/mol. The predicted octanol–water partition coefficient (Wildman–Crippen LogP) is 4.85. The third-order valence-electron chi connectivity index (χ3n) is 4.52. The molecule has 31 heavy (non-hydrogen) atoms. The number of ether oxygens (including phenoxy) is 3. The summed E-state index contributed by atoms with van der Waals surface area (Å²) in [4.78, 5) is 3.92. The first-order valence-electron chi connectivity index (χ1n) is 8.95. The molecule has 1 aromatic heterocycles. The first kappa shape index (κ1) is 22.2. The molecule has 3 rings (SSSR count). The number of anilines is 1. The van der Waals surface area contributed by atoms with Crippen LogP contribution in [0.5, 0.6) is 17.2 Å². The monoisotopic (exact) mass is 456 g/mol. The van der Waals surface area contributed by atoms with E-state index in [0.717, 1.165) is 0 Å². The highest BCUT2D eigenvalue weighted by Gasteiger charge is 2.17. The highest BCUT2D eigenvalue weighted by molar-refractivity contribution is 6.35. The molecule has 0 saturated heterocycles. The predicted molar refractivity (Wildman–Crippen MR) is 120 cm³/mol. The molecule has 0 aliphatic rings. The second-order valence-corrected chi connectivity index (χ2v) is 7.18. The van der Waals surface area contributed by atoms with E-state index in [1.807, 2.05) is 0 Å². The fourth-order valence-electron chi connectivity index (χ4n) is 2.92. The number of hydrogen-bond donors (Lipinski definition) is 2. The number of halogens is 2. The Hall–Kier alpha value is -3.47. The molecule has 0 aliphatic carbocycles. The van der Waals surface area contributed by atoms with Gasteiger partial charge in [0.1, 0.15) is 18.4 Å². The maximum Gasteiger partial charge on any atom is 0.178 e. The summed E-state index contributed by atoms with van der Waals surface area (Å²) in [5.41, 5.74) is 8.31. The zero-order valence-corrected chi connectivity index (χ0v) is 18.2. The summed E-state index contributed by atoms with van der Waals surface area (Å²) in [6.07, 6.45) is 2.97. The van der Waals surface area contributed by atoms with Crippen molar-refractivity contribution < 1.29 is 14.2 Å². The van der Waals surface area contributed by atoms with Gasteiger partial charge >= 0.3 is 0 Å². The van der Waals surface area contributed by atoms with Crippen molar-refractivity contribution in [1.29, 1.82) is 10.7 Å². The molecular weight excluding hydrogens is 439 g/mol. The summed E-state index contributed by atoms with van der Waals surface area (Å²) in [5.74, 6) is 1.12. The minimum atomic E-state index is 0.0976. The Bertz CT molecular complexity index is 1170. The minimum Gasteiger partial charge on any atom is -0.493 e. The van der Waals surface area contributed by atoms with Crippen LogP contribution in [0.25, 0.3) is 0 Å². The van der Waals surface area contributed by atoms with Crippen LogP contribution in [-0.2, 0) is 6.61 Å². The number of nitrogens with two attached hydrogens (primary N) is 1. The van der Waals surface area contributed by atoms with Crippen molar-refractivity contribution in [2.24, 2.45) is 0 Å². The lowest BCUT2D eigenvalue weighted by molar-refractivity contribution is 0.306. The Morgan fingerprint density at radius 1 is 1.13 bits per heavy atom. The highest BCUT2D eigenvalue weighted by Crippen LogP contribution is 2.34. The molecule has 3 aromatic rings. The number of rotatable bonds is 7. The van der Waals surface area contributed by atoms with Crippen molar-refractivity contribution in [2.45, 2.75) is 6.61 Å². The van der Waals surface area contributed by atoms with Gasteiger partial charge < -0.3 is 19.9 Å². The normalized spacial score (nSPS) is 10.3. The largest absolute Gasteiger partial charge is 0.493 e. The van der Waals surface area contributed by atoms with E-state index < -0.39 is 0 Å². The number of nitrogen functional groups attached to an aromatic ring is 1. The zero-order valence-electron chi connectivity index (χ0n) is 16.7. The van der Waals surface area contributed by atoms with Gasteiger partial charge in [0, 0.05) is 34.8 Å². The van der Waals surface area contributed by atoms with E-state index in [9.17, 15) is 5.26 Å². The van der Waals surface area contributed by atoms with Crippen LogP contribution < -0.4 is 19.9 Å². The molecule has 158 valence electrons. The van der Waals surface area contributed by atoms with E-state index in [4.69, 9.17) is 48.6 Å². The van der Waals surface area contributed by atoms with E-state index in [0.29, 0.717) is 49.7 Å². The topological polar surface area (TPSA) is 114 Å². The van der Waals surface area contributed by atoms with Crippen LogP contribution in [0, 0.1) is 16.7 Å². The Morgan fingerprint density at radius 2 is 1.84 bits per heavy atom. The Balaban J connectivity index is 1.93. The van der Waals surface area contributed by atoms with Gasteiger partial charge in [0.25, 0.3) is 0 Å². The number of nitriles is 1. The maximum atomic E-state index is 9.44. The van der Waals surface area contributed by atoms with Crippen LogP contribution in [0.2, 0.25) is 10.0 Å². The number of nitrogens with zero attached hydrogens (tertiary/aromatic N) is 2. The summed E-state index contributed by atoms with van der Waals surface area (Å²) in [6.45, 7) is 0.117. The number of methoxy groups -OCH3 is 2. The first-order chi connectivity index (χ1) is 14.9. The Morgan fingerprint density at radius 3 is 2.45 bits per heavy atom. The number of pyridine rings is 1. The third kappa shape index (κ3) is 4.66. The molecule has 0 atom stereocenters. The number of benzene rings is 2. The average Bonchev–Trinajstić information content (AvgIpc) is 2.78. The van der Waals surface area contributed by atoms with Crippen LogP contribution in [0.3, 0.4) is 0 Å². The van der Waals surface area contributed by atoms with Crippen molar-refractivity contribution in [3.05, 3.63) is 75.0 Å². The van der Waals surface area contributed by atoms with Crippen molar-refractivity contribution in [2.75, 3.05) is 20.0 Å². The molecule has 0 fully saturated rings.